The molecule has 0 bridgehead atoms. The van der Waals surface area contributed by atoms with Crippen LogP contribution in [0.1, 0.15) is 17.4 Å². The molecule has 0 spiro atoms. The van der Waals surface area contributed by atoms with E-state index in [0.29, 0.717) is 18.0 Å². The molecule has 0 atom stereocenters. The summed E-state index contributed by atoms with van der Waals surface area (Å²) in [7, 11) is 0. The molecule has 0 aliphatic heterocycles. The molecule has 5 heteroatoms. The molecule has 0 aliphatic rings. The fourth-order valence-electron chi connectivity index (χ4n) is 1.53. The number of rotatable bonds is 3. The summed E-state index contributed by atoms with van der Waals surface area (Å²) >= 11 is 5.02. The van der Waals surface area contributed by atoms with Crippen LogP contribution in [0.25, 0.3) is 11.3 Å². The molecule has 2 rings (SSSR count). The second kappa shape index (κ2) is 5.55. The SMILES string of the molecule is CCOC(=O)c1cc(-c2ccccc2)nc(=S)[nH]1. The number of esters is 1. The lowest BCUT2D eigenvalue weighted by Gasteiger charge is -2.04. The number of carbonyl (C=O) groups is 1. The van der Waals surface area contributed by atoms with Gasteiger partial charge in [-0.3, -0.25) is 0 Å². The number of ether oxygens (including phenoxy) is 1. The van der Waals surface area contributed by atoms with Crippen LogP contribution >= 0.6 is 12.2 Å². The van der Waals surface area contributed by atoms with Crippen molar-refractivity contribution < 1.29 is 9.53 Å². The van der Waals surface area contributed by atoms with Gasteiger partial charge in [-0.2, -0.15) is 0 Å². The summed E-state index contributed by atoms with van der Waals surface area (Å²) in [5, 5.41) is 0. The van der Waals surface area contributed by atoms with Crippen LogP contribution in [0, 0.1) is 4.77 Å². The highest BCUT2D eigenvalue weighted by Gasteiger charge is 2.09. The van der Waals surface area contributed by atoms with Crippen molar-refractivity contribution in [3.05, 3.63) is 46.9 Å². The maximum atomic E-state index is 11.7. The van der Waals surface area contributed by atoms with Gasteiger partial charge in [0.2, 0.25) is 0 Å². The van der Waals surface area contributed by atoms with Crippen molar-refractivity contribution in [3.8, 4) is 11.3 Å². The van der Waals surface area contributed by atoms with Crippen LogP contribution in [0.5, 0.6) is 0 Å². The minimum atomic E-state index is -0.428. The van der Waals surface area contributed by atoms with Crippen molar-refractivity contribution >= 4 is 18.2 Å². The number of hydrogen-bond donors (Lipinski definition) is 1. The topological polar surface area (TPSA) is 55.0 Å². The Labute approximate surface area is 110 Å². The third-order valence-electron chi connectivity index (χ3n) is 2.31. The third-order valence-corrected chi connectivity index (χ3v) is 2.50. The van der Waals surface area contributed by atoms with E-state index in [9.17, 15) is 4.79 Å². The second-order valence-electron chi connectivity index (χ2n) is 3.57. The Bertz CT molecular complexity index is 608. The Balaban J connectivity index is 2.45. The monoisotopic (exact) mass is 260 g/mol. The van der Waals surface area contributed by atoms with E-state index in [1.165, 1.54) is 0 Å². The van der Waals surface area contributed by atoms with Gasteiger partial charge in [-0.25, -0.2) is 9.78 Å². The fourth-order valence-corrected chi connectivity index (χ4v) is 1.74. The lowest BCUT2D eigenvalue weighted by atomic mass is 10.1. The second-order valence-corrected chi connectivity index (χ2v) is 3.96. The Hall–Kier alpha value is -2.01. The van der Waals surface area contributed by atoms with Crippen LogP contribution in [-0.2, 0) is 4.74 Å². The first-order valence-electron chi connectivity index (χ1n) is 5.54. The summed E-state index contributed by atoms with van der Waals surface area (Å²) in [4.78, 5) is 18.6. The van der Waals surface area contributed by atoms with Gasteiger partial charge in [0, 0.05) is 5.56 Å². The van der Waals surface area contributed by atoms with Crippen LogP contribution in [-0.4, -0.2) is 22.5 Å². The summed E-state index contributed by atoms with van der Waals surface area (Å²) in [5.41, 5.74) is 1.88. The molecule has 4 nitrogen and oxygen atoms in total. The zero-order valence-electron chi connectivity index (χ0n) is 9.84. The number of nitrogens with one attached hydrogen (secondary N) is 1. The molecule has 0 fully saturated rings. The standard InChI is InChI=1S/C13H12N2O2S/c1-2-17-12(16)11-8-10(14-13(18)15-11)9-6-4-3-5-7-9/h3-8H,2H2,1H3,(H,14,15,18). The molecule has 0 radical (unpaired) electrons. The predicted octanol–water partition coefficient (Wildman–Crippen LogP) is 2.98. The lowest BCUT2D eigenvalue weighted by Crippen LogP contribution is -2.08. The Morgan fingerprint density at radius 2 is 2.11 bits per heavy atom. The number of aromatic amines is 1. The highest BCUT2D eigenvalue weighted by molar-refractivity contribution is 7.71. The number of nitrogens with zero attached hydrogens (tertiary/aromatic N) is 1. The van der Waals surface area contributed by atoms with Crippen LogP contribution in [0.4, 0.5) is 0 Å². The predicted molar refractivity (Wildman–Crippen MR) is 70.8 cm³/mol. The van der Waals surface area contributed by atoms with E-state index in [-0.39, 0.29) is 4.77 Å². The third kappa shape index (κ3) is 2.81. The van der Waals surface area contributed by atoms with Crippen molar-refractivity contribution in [2.75, 3.05) is 6.61 Å². The van der Waals surface area contributed by atoms with E-state index in [2.05, 4.69) is 9.97 Å². The molecule has 1 heterocycles. The maximum Gasteiger partial charge on any atom is 0.354 e. The number of aromatic nitrogens is 2. The van der Waals surface area contributed by atoms with Crippen molar-refractivity contribution in [3.63, 3.8) is 0 Å². The Morgan fingerprint density at radius 1 is 1.39 bits per heavy atom. The van der Waals surface area contributed by atoms with Crippen LogP contribution in [0.3, 0.4) is 0 Å². The van der Waals surface area contributed by atoms with Crippen molar-refractivity contribution in [1.82, 2.24) is 9.97 Å². The van der Waals surface area contributed by atoms with Gasteiger partial charge >= 0.3 is 5.97 Å². The minimum absolute atomic E-state index is 0.263. The molecule has 1 aromatic heterocycles. The number of hydrogen-bond acceptors (Lipinski definition) is 4. The van der Waals surface area contributed by atoms with Gasteiger partial charge < -0.3 is 9.72 Å². The molecular weight excluding hydrogens is 248 g/mol. The first kappa shape index (κ1) is 12.4. The molecule has 0 saturated carbocycles. The molecular formula is C13H12N2O2S. The Kier molecular flexibility index (Phi) is 3.84. The maximum absolute atomic E-state index is 11.7. The molecule has 0 unspecified atom stereocenters. The first-order chi connectivity index (χ1) is 8.70. The average molecular weight is 260 g/mol. The quantitative estimate of drug-likeness (QED) is 0.681. The summed E-state index contributed by atoms with van der Waals surface area (Å²) in [6.07, 6.45) is 0. The summed E-state index contributed by atoms with van der Waals surface area (Å²) in [5.74, 6) is -0.428. The molecule has 1 N–H and O–H groups in total. The van der Waals surface area contributed by atoms with Gasteiger partial charge in [0.05, 0.1) is 12.3 Å². The Morgan fingerprint density at radius 3 is 2.78 bits per heavy atom. The van der Waals surface area contributed by atoms with Gasteiger partial charge in [0.15, 0.2) is 4.77 Å². The van der Waals surface area contributed by atoms with Crippen molar-refractivity contribution in [2.24, 2.45) is 0 Å². The van der Waals surface area contributed by atoms with E-state index in [0.717, 1.165) is 5.56 Å². The van der Waals surface area contributed by atoms with Gasteiger partial charge in [-0.1, -0.05) is 30.3 Å². The fraction of sp³-hybridized carbons (Fsp3) is 0.154. The highest BCUT2D eigenvalue weighted by atomic mass is 32.1. The van der Waals surface area contributed by atoms with Crippen molar-refractivity contribution in [2.45, 2.75) is 6.92 Å². The highest BCUT2D eigenvalue weighted by Crippen LogP contribution is 2.16. The van der Waals surface area contributed by atoms with E-state index >= 15 is 0 Å². The van der Waals surface area contributed by atoms with Crippen molar-refractivity contribution in [1.29, 1.82) is 0 Å². The number of carbonyl (C=O) groups excluding carboxylic acids is 1. The molecule has 2 aromatic rings. The zero-order chi connectivity index (χ0) is 13.0. The van der Waals surface area contributed by atoms with Crippen LogP contribution < -0.4 is 0 Å². The smallest absolute Gasteiger partial charge is 0.354 e. The largest absolute Gasteiger partial charge is 0.461 e. The molecule has 0 saturated heterocycles. The molecule has 0 aliphatic carbocycles. The van der Waals surface area contributed by atoms with Crippen LogP contribution in [0.2, 0.25) is 0 Å². The lowest BCUT2D eigenvalue weighted by molar-refractivity contribution is 0.0519. The number of benzene rings is 1. The summed E-state index contributed by atoms with van der Waals surface area (Å²) < 4.78 is 5.19. The molecule has 0 amide bonds. The van der Waals surface area contributed by atoms with Gasteiger partial charge in [0.1, 0.15) is 5.69 Å². The normalized spacial score (nSPS) is 10.1. The molecule has 18 heavy (non-hydrogen) atoms. The minimum Gasteiger partial charge on any atom is -0.461 e. The van der Waals surface area contributed by atoms with Gasteiger partial charge in [-0.05, 0) is 25.2 Å². The summed E-state index contributed by atoms with van der Waals surface area (Å²) in [6.45, 7) is 2.08. The first-order valence-corrected chi connectivity index (χ1v) is 5.95. The van der Waals surface area contributed by atoms with E-state index in [1.807, 2.05) is 30.3 Å². The summed E-state index contributed by atoms with van der Waals surface area (Å²) in [6, 6.07) is 11.2. The van der Waals surface area contributed by atoms with E-state index < -0.39 is 5.97 Å². The van der Waals surface area contributed by atoms with Crippen LogP contribution in [0.15, 0.2) is 36.4 Å². The van der Waals surface area contributed by atoms with E-state index in [1.54, 1.807) is 13.0 Å². The molecule has 1 aromatic carbocycles. The van der Waals surface area contributed by atoms with Gasteiger partial charge in [0.25, 0.3) is 0 Å². The van der Waals surface area contributed by atoms with E-state index in [4.69, 9.17) is 17.0 Å². The van der Waals surface area contributed by atoms with Gasteiger partial charge in [-0.15, -0.1) is 0 Å². The molecule has 92 valence electrons. The zero-order valence-corrected chi connectivity index (χ0v) is 10.7. The number of H-pyrrole nitrogens is 1. The average Bonchev–Trinajstić information content (AvgIpc) is 2.39.